The van der Waals surface area contributed by atoms with Crippen molar-refractivity contribution in [2.24, 2.45) is 0 Å². The summed E-state index contributed by atoms with van der Waals surface area (Å²) in [7, 11) is 1.87. The highest BCUT2D eigenvalue weighted by molar-refractivity contribution is 5.05. The van der Waals surface area contributed by atoms with Crippen LogP contribution < -0.4 is 5.32 Å². The van der Waals surface area contributed by atoms with Gasteiger partial charge in [0.15, 0.2) is 0 Å². The van der Waals surface area contributed by atoms with E-state index in [1.807, 2.05) is 7.05 Å². The van der Waals surface area contributed by atoms with Gasteiger partial charge in [0.25, 0.3) is 0 Å². The summed E-state index contributed by atoms with van der Waals surface area (Å²) in [4.78, 5) is 0. The molecular formula is C9H17NO. The van der Waals surface area contributed by atoms with Crippen LogP contribution in [-0.4, -0.2) is 18.3 Å². The molecule has 2 heteroatoms. The minimum atomic E-state index is -0.250. The second-order valence-electron chi connectivity index (χ2n) is 3.06. The number of nitrogens with one attached hydrogen (secondary N) is 1. The Kier molecular flexibility index (Phi) is 3.43. The fraction of sp³-hybridized carbons (Fsp3) is 0.778. The molecule has 1 aliphatic carbocycles. The summed E-state index contributed by atoms with van der Waals surface area (Å²) in [5.74, 6) is 0. The van der Waals surface area contributed by atoms with Crippen molar-refractivity contribution < 1.29 is 5.11 Å². The molecule has 0 radical (unpaired) electrons. The van der Waals surface area contributed by atoms with Gasteiger partial charge in [-0.1, -0.05) is 18.9 Å². The van der Waals surface area contributed by atoms with Crippen LogP contribution in [0.4, 0.5) is 0 Å². The zero-order chi connectivity index (χ0) is 8.10. The van der Waals surface area contributed by atoms with Crippen molar-refractivity contribution in [2.75, 3.05) is 7.05 Å². The van der Waals surface area contributed by atoms with Gasteiger partial charge in [-0.15, -0.1) is 0 Å². The summed E-state index contributed by atoms with van der Waals surface area (Å²) in [6.45, 7) is 0. The molecule has 0 bridgehead atoms. The van der Waals surface area contributed by atoms with Gasteiger partial charge in [0.2, 0.25) is 0 Å². The zero-order valence-corrected chi connectivity index (χ0v) is 7.14. The Labute approximate surface area is 68.3 Å². The van der Waals surface area contributed by atoms with Crippen LogP contribution in [0.15, 0.2) is 11.8 Å². The molecule has 2 N–H and O–H groups in total. The lowest BCUT2D eigenvalue weighted by Gasteiger charge is -2.16. The molecule has 1 aliphatic rings. The summed E-state index contributed by atoms with van der Waals surface area (Å²) in [5.41, 5.74) is 1.00. The van der Waals surface area contributed by atoms with Crippen LogP contribution in [-0.2, 0) is 0 Å². The molecule has 64 valence electrons. The quantitative estimate of drug-likeness (QED) is 0.600. The van der Waals surface area contributed by atoms with Crippen molar-refractivity contribution in [3.05, 3.63) is 11.8 Å². The largest absolute Gasteiger partial charge is 0.390 e. The smallest absolute Gasteiger partial charge is 0.0931 e. The minimum Gasteiger partial charge on any atom is -0.390 e. The molecule has 0 heterocycles. The van der Waals surface area contributed by atoms with Crippen LogP contribution in [0.5, 0.6) is 0 Å². The van der Waals surface area contributed by atoms with Gasteiger partial charge in [-0.2, -0.15) is 0 Å². The van der Waals surface area contributed by atoms with Crippen LogP contribution in [0.25, 0.3) is 0 Å². The van der Waals surface area contributed by atoms with E-state index in [1.165, 1.54) is 12.8 Å². The highest BCUT2D eigenvalue weighted by Gasteiger charge is 2.10. The number of allylic oxidation sites excluding steroid dienone is 1. The van der Waals surface area contributed by atoms with Crippen molar-refractivity contribution >= 4 is 0 Å². The highest BCUT2D eigenvalue weighted by atomic mass is 16.3. The standard InChI is InChI=1S/C9H17NO/c1-10-8-6-4-2-3-5-7-9(8)11/h6,9-11H,2-5,7H2,1H3/t9-/m1/s1. The predicted octanol–water partition coefficient (Wildman–Crippen LogP) is 1.41. The number of aliphatic hydroxyl groups is 1. The monoisotopic (exact) mass is 155 g/mol. The Morgan fingerprint density at radius 3 is 3.00 bits per heavy atom. The maximum Gasteiger partial charge on any atom is 0.0931 e. The second-order valence-corrected chi connectivity index (χ2v) is 3.06. The first-order valence-electron chi connectivity index (χ1n) is 4.40. The molecule has 0 saturated carbocycles. The minimum absolute atomic E-state index is 0.250. The normalized spacial score (nSPS) is 26.7. The van der Waals surface area contributed by atoms with Crippen molar-refractivity contribution in [1.82, 2.24) is 5.32 Å². The van der Waals surface area contributed by atoms with Crippen molar-refractivity contribution in [3.63, 3.8) is 0 Å². The Hall–Kier alpha value is -0.500. The average Bonchev–Trinajstić information content (AvgIpc) is 1.98. The third-order valence-electron chi connectivity index (χ3n) is 2.19. The van der Waals surface area contributed by atoms with E-state index < -0.39 is 0 Å². The van der Waals surface area contributed by atoms with Gasteiger partial charge in [0.1, 0.15) is 0 Å². The van der Waals surface area contributed by atoms with Gasteiger partial charge in [0, 0.05) is 12.7 Å². The lowest BCUT2D eigenvalue weighted by atomic mass is 10.0. The summed E-state index contributed by atoms with van der Waals surface area (Å²) in [6, 6.07) is 0. The number of aliphatic hydroxyl groups excluding tert-OH is 1. The van der Waals surface area contributed by atoms with Crippen molar-refractivity contribution in [3.8, 4) is 0 Å². The molecule has 2 nitrogen and oxygen atoms in total. The van der Waals surface area contributed by atoms with Gasteiger partial charge in [-0.3, -0.25) is 0 Å². The number of likely N-dealkylation sites (N-methyl/N-ethyl adjacent to an activating group) is 1. The predicted molar refractivity (Wildman–Crippen MR) is 46.2 cm³/mol. The summed E-state index contributed by atoms with van der Waals surface area (Å²) in [6.07, 6.45) is 7.55. The third-order valence-corrected chi connectivity index (χ3v) is 2.19. The fourth-order valence-electron chi connectivity index (χ4n) is 1.48. The van der Waals surface area contributed by atoms with E-state index >= 15 is 0 Å². The third kappa shape index (κ3) is 2.54. The molecule has 0 saturated heterocycles. The van der Waals surface area contributed by atoms with Gasteiger partial charge < -0.3 is 10.4 Å². The summed E-state index contributed by atoms with van der Waals surface area (Å²) in [5, 5.41) is 12.6. The lowest BCUT2D eigenvalue weighted by Crippen LogP contribution is -2.21. The maximum absolute atomic E-state index is 9.54. The molecule has 0 amide bonds. The Morgan fingerprint density at radius 1 is 1.45 bits per heavy atom. The first kappa shape index (κ1) is 8.60. The van der Waals surface area contributed by atoms with E-state index in [1.54, 1.807) is 0 Å². The van der Waals surface area contributed by atoms with Gasteiger partial charge in [-0.25, -0.2) is 0 Å². The molecule has 0 aromatic rings. The highest BCUT2D eigenvalue weighted by Crippen LogP contribution is 2.15. The first-order chi connectivity index (χ1) is 5.34. The number of hydrogen-bond donors (Lipinski definition) is 2. The van der Waals surface area contributed by atoms with E-state index in [2.05, 4.69) is 11.4 Å². The van der Waals surface area contributed by atoms with Gasteiger partial charge in [0.05, 0.1) is 6.10 Å². The average molecular weight is 155 g/mol. The molecule has 0 spiro atoms. The fourth-order valence-corrected chi connectivity index (χ4v) is 1.48. The molecule has 0 unspecified atom stereocenters. The number of hydrogen-bond acceptors (Lipinski definition) is 2. The van der Waals surface area contributed by atoms with Crippen LogP contribution in [0, 0.1) is 0 Å². The van der Waals surface area contributed by atoms with E-state index in [4.69, 9.17) is 0 Å². The molecule has 0 aromatic heterocycles. The Bertz CT molecular complexity index is 142. The summed E-state index contributed by atoms with van der Waals surface area (Å²) >= 11 is 0. The van der Waals surface area contributed by atoms with Crippen LogP contribution in [0.1, 0.15) is 32.1 Å². The Balaban J connectivity index is 2.52. The van der Waals surface area contributed by atoms with Crippen molar-refractivity contribution in [1.29, 1.82) is 0 Å². The van der Waals surface area contributed by atoms with E-state index in [9.17, 15) is 5.11 Å². The lowest BCUT2D eigenvalue weighted by molar-refractivity contribution is 0.186. The topological polar surface area (TPSA) is 32.3 Å². The van der Waals surface area contributed by atoms with Crippen LogP contribution >= 0.6 is 0 Å². The van der Waals surface area contributed by atoms with E-state index in [0.29, 0.717) is 0 Å². The molecule has 0 fully saturated rings. The first-order valence-corrected chi connectivity index (χ1v) is 4.40. The summed E-state index contributed by atoms with van der Waals surface area (Å²) < 4.78 is 0. The number of rotatable bonds is 1. The molecule has 1 atom stereocenters. The van der Waals surface area contributed by atoms with E-state index in [0.717, 1.165) is 25.0 Å². The maximum atomic E-state index is 9.54. The molecule has 0 aromatic carbocycles. The second kappa shape index (κ2) is 4.39. The molecular weight excluding hydrogens is 138 g/mol. The zero-order valence-electron chi connectivity index (χ0n) is 7.14. The Morgan fingerprint density at radius 2 is 2.27 bits per heavy atom. The van der Waals surface area contributed by atoms with Crippen LogP contribution in [0.2, 0.25) is 0 Å². The van der Waals surface area contributed by atoms with Gasteiger partial charge in [-0.05, 0) is 19.3 Å². The van der Waals surface area contributed by atoms with Crippen molar-refractivity contribution in [2.45, 2.75) is 38.2 Å². The molecule has 11 heavy (non-hydrogen) atoms. The van der Waals surface area contributed by atoms with E-state index in [-0.39, 0.29) is 6.10 Å². The SMILES string of the molecule is CNC1=CCCCCC[C@H]1O. The molecule has 1 rings (SSSR count). The van der Waals surface area contributed by atoms with Gasteiger partial charge >= 0.3 is 0 Å². The van der Waals surface area contributed by atoms with Crippen LogP contribution in [0.3, 0.4) is 0 Å². The molecule has 0 aliphatic heterocycles.